The van der Waals surface area contributed by atoms with Gasteiger partial charge in [0, 0.05) is 31.4 Å². The molecule has 0 amide bonds. The van der Waals surface area contributed by atoms with E-state index in [1.165, 1.54) is 0 Å². The minimum absolute atomic E-state index is 0.210. The second kappa shape index (κ2) is 10.9. The standard InChI is InChI=1S/C24H34N6O3/c1-4-16(2)30-24-21(14-26-30)23(27-18-8-10-32-11-9-18)28-22(29-24)17-6-5-7-20(12-17)33-15-19(31)13-25-3/h5-7,12,14,16,18-19,25,31H,4,8-11,13,15H2,1-3H3,(H,27,28,29). The molecular weight excluding hydrogens is 420 g/mol. The Morgan fingerprint density at radius 1 is 1.27 bits per heavy atom. The molecule has 2 atom stereocenters. The van der Waals surface area contributed by atoms with Crippen molar-refractivity contribution < 1.29 is 14.6 Å². The third kappa shape index (κ3) is 5.61. The van der Waals surface area contributed by atoms with Gasteiger partial charge in [0.2, 0.25) is 0 Å². The maximum absolute atomic E-state index is 9.95. The van der Waals surface area contributed by atoms with Crippen molar-refractivity contribution in [2.45, 2.75) is 51.3 Å². The molecular formula is C24H34N6O3. The molecule has 1 fully saturated rings. The molecule has 33 heavy (non-hydrogen) atoms. The van der Waals surface area contributed by atoms with Gasteiger partial charge in [-0.25, -0.2) is 14.6 Å². The maximum atomic E-state index is 9.95. The molecule has 9 heteroatoms. The lowest BCUT2D eigenvalue weighted by Gasteiger charge is -2.24. The molecule has 3 aromatic rings. The van der Waals surface area contributed by atoms with Crippen LogP contribution in [0.2, 0.25) is 0 Å². The van der Waals surface area contributed by atoms with Crippen LogP contribution in [0.15, 0.2) is 30.5 Å². The Kier molecular flexibility index (Phi) is 7.74. The number of benzene rings is 1. The second-order valence-electron chi connectivity index (χ2n) is 8.56. The van der Waals surface area contributed by atoms with Gasteiger partial charge in [0.05, 0.1) is 17.6 Å². The Labute approximate surface area is 194 Å². The summed E-state index contributed by atoms with van der Waals surface area (Å²) in [7, 11) is 1.80. The number of aliphatic hydroxyl groups excluding tert-OH is 1. The summed E-state index contributed by atoms with van der Waals surface area (Å²) in [5, 5.41) is 22.1. The van der Waals surface area contributed by atoms with E-state index >= 15 is 0 Å². The monoisotopic (exact) mass is 454 g/mol. The summed E-state index contributed by atoms with van der Waals surface area (Å²) in [6.45, 7) is 6.48. The first kappa shape index (κ1) is 23.4. The highest BCUT2D eigenvalue weighted by molar-refractivity contribution is 5.88. The van der Waals surface area contributed by atoms with Crippen LogP contribution >= 0.6 is 0 Å². The summed E-state index contributed by atoms with van der Waals surface area (Å²) in [5.41, 5.74) is 1.67. The Hall–Kier alpha value is -2.75. The van der Waals surface area contributed by atoms with Crippen molar-refractivity contribution in [2.75, 3.05) is 38.7 Å². The van der Waals surface area contributed by atoms with Gasteiger partial charge < -0.3 is 25.2 Å². The van der Waals surface area contributed by atoms with Crippen LogP contribution in [0.5, 0.6) is 5.75 Å². The lowest BCUT2D eigenvalue weighted by atomic mass is 10.1. The van der Waals surface area contributed by atoms with E-state index in [0.717, 1.165) is 54.9 Å². The van der Waals surface area contributed by atoms with E-state index in [0.29, 0.717) is 24.2 Å². The highest BCUT2D eigenvalue weighted by Crippen LogP contribution is 2.29. The summed E-state index contributed by atoms with van der Waals surface area (Å²) in [6.07, 6.45) is 4.12. The number of hydrogen-bond acceptors (Lipinski definition) is 8. The van der Waals surface area contributed by atoms with Crippen molar-refractivity contribution in [3.05, 3.63) is 30.5 Å². The van der Waals surface area contributed by atoms with Crippen LogP contribution in [0.25, 0.3) is 22.4 Å². The first-order valence-electron chi connectivity index (χ1n) is 11.7. The summed E-state index contributed by atoms with van der Waals surface area (Å²) in [4.78, 5) is 9.80. The summed E-state index contributed by atoms with van der Waals surface area (Å²) >= 11 is 0. The van der Waals surface area contributed by atoms with Gasteiger partial charge in [-0.2, -0.15) is 5.10 Å². The van der Waals surface area contributed by atoms with E-state index in [-0.39, 0.29) is 12.6 Å². The van der Waals surface area contributed by atoms with Crippen LogP contribution in [-0.4, -0.2) is 70.4 Å². The maximum Gasteiger partial charge on any atom is 0.164 e. The van der Waals surface area contributed by atoms with E-state index in [1.54, 1.807) is 7.05 Å². The zero-order chi connectivity index (χ0) is 23.2. The normalized spacial score (nSPS) is 16.6. The molecule has 178 valence electrons. The van der Waals surface area contributed by atoms with Gasteiger partial charge >= 0.3 is 0 Å². The first-order valence-corrected chi connectivity index (χ1v) is 11.7. The third-order valence-corrected chi connectivity index (χ3v) is 6.00. The Morgan fingerprint density at radius 3 is 2.85 bits per heavy atom. The highest BCUT2D eigenvalue weighted by Gasteiger charge is 2.20. The molecule has 0 bridgehead atoms. The van der Waals surface area contributed by atoms with Gasteiger partial charge in [-0.3, -0.25) is 0 Å². The zero-order valence-electron chi connectivity index (χ0n) is 19.6. The molecule has 2 unspecified atom stereocenters. The van der Waals surface area contributed by atoms with Gasteiger partial charge in [0.25, 0.3) is 0 Å². The molecule has 4 rings (SSSR count). The molecule has 2 aromatic heterocycles. The van der Waals surface area contributed by atoms with Crippen molar-refractivity contribution in [3.8, 4) is 17.1 Å². The van der Waals surface area contributed by atoms with Crippen molar-refractivity contribution in [2.24, 2.45) is 0 Å². The summed E-state index contributed by atoms with van der Waals surface area (Å²) in [5.74, 6) is 2.08. The predicted molar refractivity (Wildman–Crippen MR) is 129 cm³/mol. The molecule has 1 saturated heterocycles. The number of hydrogen-bond donors (Lipinski definition) is 3. The van der Waals surface area contributed by atoms with Crippen molar-refractivity contribution in [1.29, 1.82) is 0 Å². The SMILES string of the molecule is CCC(C)n1ncc2c(NC3CCOCC3)nc(-c3cccc(OCC(O)CNC)c3)nc21. The van der Waals surface area contributed by atoms with Crippen molar-refractivity contribution >= 4 is 16.9 Å². The second-order valence-corrected chi connectivity index (χ2v) is 8.56. The average molecular weight is 455 g/mol. The number of nitrogens with one attached hydrogen (secondary N) is 2. The first-order chi connectivity index (χ1) is 16.1. The van der Waals surface area contributed by atoms with Crippen LogP contribution in [0.3, 0.4) is 0 Å². The van der Waals surface area contributed by atoms with Gasteiger partial charge in [-0.15, -0.1) is 0 Å². The fraction of sp³-hybridized carbons (Fsp3) is 0.542. The number of rotatable bonds is 10. The Morgan fingerprint density at radius 2 is 2.09 bits per heavy atom. The molecule has 1 aliphatic rings. The van der Waals surface area contributed by atoms with Gasteiger partial charge in [-0.05, 0) is 45.4 Å². The third-order valence-electron chi connectivity index (χ3n) is 6.00. The lowest BCUT2D eigenvalue weighted by molar-refractivity contribution is 0.0904. The zero-order valence-corrected chi connectivity index (χ0v) is 19.6. The minimum Gasteiger partial charge on any atom is -0.491 e. The van der Waals surface area contributed by atoms with Gasteiger partial charge in [0.15, 0.2) is 11.5 Å². The number of likely N-dealkylation sites (N-methyl/N-ethyl adjacent to an activating group) is 1. The average Bonchev–Trinajstić information content (AvgIpc) is 3.28. The van der Waals surface area contributed by atoms with Gasteiger partial charge in [-0.1, -0.05) is 19.1 Å². The van der Waals surface area contributed by atoms with Crippen molar-refractivity contribution in [1.82, 2.24) is 25.1 Å². The molecule has 0 saturated carbocycles. The fourth-order valence-electron chi connectivity index (χ4n) is 3.91. The van der Waals surface area contributed by atoms with Crippen LogP contribution in [0.1, 0.15) is 39.2 Å². The van der Waals surface area contributed by atoms with Gasteiger partial charge in [0.1, 0.15) is 24.3 Å². The predicted octanol–water partition coefficient (Wildman–Crippen LogP) is 3.01. The molecule has 1 aliphatic heterocycles. The topological polar surface area (TPSA) is 106 Å². The fourth-order valence-corrected chi connectivity index (χ4v) is 3.91. The molecule has 3 N–H and O–H groups in total. The summed E-state index contributed by atoms with van der Waals surface area (Å²) in [6, 6.07) is 8.21. The highest BCUT2D eigenvalue weighted by atomic mass is 16.5. The van der Waals surface area contributed by atoms with Crippen LogP contribution in [0.4, 0.5) is 5.82 Å². The number of ether oxygens (including phenoxy) is 2. The molecule has 0 radical (unpaired) electrons. The molecule has 9 nitrogen and oxygen atoms in total. The minimum atomic E-state index is -0.577. The number of fused-ring (bicyclic) bond motifs is 1. The van der Waals surface area contributed by atoms with Crippen molar-refractivity contribution in [3.63, 3.8) is 0 Å². The quantitative estimate of drug-likeness (QED) is 0.429. The largest absolute Gasteiger partial charge is 0.491 e. The molecule has 1 aromatic carbocycles. The number of nitrogens with zero attached hydrogens (tertiary/aromatic N) is 4. The smallest absolute Gasteiger partial charge is 0.164 e. The van der Waals surface area contributed by atoms with E-state index in [9.17, 15) is 5.11 Å². The number of anilines is 1. The lowest BCUT2D eigenvalue weighted by Crippen LogP contribution is -2.29. The van der Waals surface area contributed by atoms with Crippen LogP contribution in [-0.2, 0) is 4.74 Å². The van der Waals surface area contributed by atoms with Crippen LogP contribution < -0.4 is 15.4 Å². The van der Waals surface area contributed by atoms with E-state index in [2.05, 4.69) is 29.6 Å². The van der Waals surface area contributed by atoms with E-state index in [4.69, 9.17) is 19.4 Å². The van der Waals surface area contributed by atoms with Crippen LogP contribution in [0, 0.1) is 0 Å². The molecule has 3 heterocycles. The Balaban J connectivity index is 1.68. The van der Waals surface area contributed by atoms with E-state index in [1.807, 2.05) is 35.1 Å². The molecule has 0 spiro atoms. The molecule has 0 aliphatic carbocycles. The number of aliphatic hydroxyl groups is 1. The number of aromatic nitrogens is 4. The summed E-state index contributed by atoms with van der Waals surface area (Å²) < 4.78 is 13.3. The van der Waals surface area contributed by atoms with E-state index < -0.39 is 6.10 Å². The Bertz CT molecular complexity index is 1050.